The second-order valence-electron chi connectivity index (χ2n) is 5.55. The number of carbonyl (C=O) groups excluding carboxylic acids is 1. The van der Waals surface area contributed by atoms with Gasteiger partial charge in [-0.3, -0.25) is 4.79 Å². The molecular formula is C16H20N4O3S. The highest BCUT2D eigenvalue weighted by molar-refractivity contribution is 7.99. The molecule has 1 aliphatic rings. The van der Waals surface area contributed by atoms with Crippen molar-refractivity contribution >= 4 is 17.7 Å². The predicted octanol–water partition coefficient (Wildman–Crippen LogP) is 2.02. The molecule has 3 rings (SSSR count). The number of pyridine rings is 1. The summed E-state index contributed by atoms with van der Waals surface area (Å²) < 4.78 is 10.9. The van der Waals surface area contributed by atoms with Gasteiger partial charge in [0.25, 0.3) is 5.91 Å². The molecule has 2 aromatic heterocycles. The maximum absolute atomic E-state index is 12.4. The lowest BCUT2D eigenvalue weighted by atomic mass is 10.2. The van der Waals surface area contributed by atoms with Crippen LogP contribution in [0.25, 0.3) is 0 Å². The average Bonchev–Trinajstić information content (AvgIpc) is 3.24. The summed E-state index contributed by atoms with van der Waals surface area (Å²) in [6.07, 6.45) is 4.13. The Bertz CT molecular complexity index is 685. The van der Waals surface area contributed by atoms with Gasteiger partial charge < -0.3 is 14.6 Å². The van der Waals surface area contributed by atoms with E-state index < -0.39 is 0 Å². The van der Waals surface area contributed by atoms with Crippen LogP contribution in [-0.2, 0) is 6.42 Å². The quantitative estimate of drug-likeness (QED) is 0.766. The molecule has 0 bridgehead atoms. The molecule has 3 heterocycles. The third-order valence-electron chi connectivity index (χ3n) is 3.60. The molecule has 0 unspecified atom stereocenters. The van der Waals surface area contributed by atoms with Gasteiger partial charge in [0.15, 0.2) is 5.82 Å². The smallest absolute Gasteiger partial charge is 0.256 e. The number of nitrogens with one attached hydrogen (secondary N) is 1. The number of rotatable bonds is 7. The Morgan fingerprint density at radius 1 is 1.54 bits per heavy atom. The third-order valence-corrected chi connectivity index (χ3v) is 4.74. The molecule has 1 amide bonds. The Hall–Kier alpha value is -2.09. The molecular weight excluding hydrogens is 328 g/mol. The largest absolute Gasteiger partial charge is 0.473 e. The van der Waals surface area contributed by atoms with Crippen LogP contribution in [0.4, 0.5) is 0 Å². The monoisotopic (exact) mass is 348 g/mol. The Morgan fingerprint density at radius 3 is 3.21 bits per heavy atom. The number of amides is 1. The van der Waals surface area contributed by atoms with Crippen LogP contribution in [-0.4, -0.2) is 45.2 Å². The molecule has 0 radical (unpaired) electrons. The Kier molecular flexibility index (Phi) is 5.68. The third kappa shape index (κ3) is 4.47. The zero-order valence-corrected chi connectivity index (χ0v) is 14.3. The minimum Gasteiger partial charge on any atom is -0.473 e. The first kappa shape index (κ1) is 16.8. The molecule has 1 atom stereocenters. The number of ether oxygens (including phenoxy) is 1. The summed E-state index contributed by atoms with van der Waals surface area (Å²) in [6, 6.07) is 3.48. The van der Waals surface area contributed by atoms with Crippen LogP contribution in [0.3, 0.4) is 0 Å². The van der Waals surface area contributed by atoms with Crippen molar-refractivity contribution in [2.24, 2.45) is 0 Å². The normalized spacial score (nSPS) is 17.0. The topological polar surface area (TPSA) is 90.1 Å². The highest BCUT2D eigenvalue weighted by Gasteiger charge is 2.21. The van der Waals surface area contributed by atoms with E-state index in [1.807, 2.05) is 11.8 Å². The van der Waals surface area contributed by atoms with Gasteiger partial charge in [0, 0.05) is 24.9 Å². The van der Waals surface area contributed by atoms with Crippen molar-refractivity contribution in [3.05, 3.63) is 35.6 Å². The molecule has 1 N–H and O–H groups in total. The number of aryl methyl sites for hydroxylation is 2. The van der Waals surface area contributed by atoms with Crippen LogP contribution < -0.4 is 10.1 Å². The van der Waals surface area contributed by atoms with E-state index >= 15 is 0 Å². The number of carbonyl (C=O) groups is 1. The van der Waals surface area contributed by atoms with Gasteiger partial charge in [-0.15, -0.1) is 0 Å². The molecule has 7 nitrogen and oxygen atoms in total. The summed E-state index contributed by atoms with van der Waals surface area (Å²) in [5, 5.41) is 6.63. The summed E-state index contributed by atoms with van der Waals surface area (Å²) in [5.41, 5.74) is 0.475. The van der Waals surface area contributed by atoms with Crippen molar-refractivity contribution in [3.63, 3.8) is 0 Å². The number of nitrogens with zero attached hydrogens (tertiary/aromatic N) is 3. The van der Waals surface area contributed by atoms with Crippen LogP contribution >= 0.6 is 11.8 Å². The standard InChI is InChI=1S/C16H20N4O3S/c1-11-19-14(23-20-11)5-3-7-17-15(21)13-4-2-8-18-16(13)22-12-6-9-24-10-12/h2,4,8,12H,3,5-7,9-10H2,1H3,(H,17,21)/t12-/m1/s1. The van der Waals surface area contributed by atoms with E-state index in [2.05, 4.69) is 20.4 Å². The Balaban J connectivity index is 1.50. The summed E-state index contributed by atoms with van der Waals surface area (Å²) in [6.45, 7) is 2.30. The lowest BCUT2D eigenvalue weighted by molar-refractivity contribution is 0.0945. The van der Waals surface area contributed by atoms with Crippen molar-refractivity contribution in [2.75, 3.05) is 18.1 Å². The number of hydrogen-bond acceptors (Lipinski definition) is 7. The maximum atomic E-state index is 12.4. The van der Waals surface area contributed by atoms with Gasteiger partial charge in [0.2, 0.25) is 11.8 Å². The highest BCUT2D eigenvalue weighted by atomic mass is 32.2. The van der Waals surface area contributed by atoms with Gasteiger partial charge in [-0.2, -0.15) is 16.7 Å². The summed E-state index contributed by atoms with van der Waals surface area (Å²) in [5.74, 6) is 3.48. The second-order valence-corrected chi connectivity index (χ2v) is 6.70. The zero-order valence-electron chi connectivity index (χ0n) is 13.5. The molecule has 1 saturated heterocycles. The lowest BCUT2D eigenvalue weighted by Gasteiger charge is -2.14. The first-order chi connectivity index (χ1) is 11.7. The van der Waals surface area contributed by atoms with E-state index in [-0.39, 0.29) is 12.0 Å². The summed E-state index contributed by atoms with van der Waals surface area (Å²) in [7, 11) is 0. The maximum Gasteiger partial charge on any atom is 0.256 e. The SMILES string of the molecule is Cc1noc(CCCNC(=O)c2cccnc2O[C@@H]2CCSC2)n1. The van der Waals surface area contributed by atoms with E-state index in [1.165, 1.54) is 0 Å². The molecule has 1 aliphatic heterocycles. The lowest BCUT2D eigenvalue weighted by Crippen LogP contribution is -2.26. The van der Waals surface area contributed by atoms with E-state index in [0.717, 1.165) is 24.3 Å². The first-order valence-electron chi connectivity index (χ1n) is 7.99. The fraction of sp³-hybridized carbons (Fsp3) is 0.500. The second kappa shape index (κ2) is 8.14. The van der Waals surface area contributed by atoms with Gasteiger partial charge in [0.1, 0.15) is 11.7 Å². The molecule has 0 spiro atoms. The molecule has 24 heavy (non-hydrogen) atoms. The predicted molar refractivity (Wildman–Crippen MR) is 90.3 cm³/mol. The molecule has 0 aliphatic carbocycles. The van der Waals surface area contributed by atoms with Crippen molar-refractivity contribution in [2.45, 2.75) is 32.3 Å². The van der Waals surface area contributed by atoms with Crippen molar-refractivity contribution in [1.29, 1.82) is 0 Å². The van der Waals surface area contributed by atoms with Crippen molar-refractivity contribution < 1.29 is 14.1 Å². The minimum absolute atomic E-state index is 0.136. The molecule has 1 fully saturated rings. The van der Waals surface area contributed by atoms with E-state index in [0.29, 0.717) is 36.1 Å². The van der Waals surface area contributed by atoms with Gasteiger partial charge in [-0.05, 0) is 37.7 Å². The molecule has 0 aromatic carbocycles. The van der Waals surface area contributed by atoms with Crippen LogP contribution in [0.1, 0.15) is 34.9 Å². The van der Waals surface area contributed by atoms with Crippen LogP contribution in [0.5, 0.6) is 5.88 Å². The highest BCUT2D eigenvalue weighted by Crippen LogP contribution is 2.24. The van der Waals surface area contributed by atoms with Crippen molar-refractivity contribution in [3.8, 4) is 5.88 Å². The minimum atomic E-state index is -0.176. The zero-order chi connectivity index (χ0) is 16.8. The summed E-state index contributed by atoms with van der Waals surface area (Å²) >= 11 is 1.86. The number of thioether (sulfide) groups is 1. The van der Waals surface area contributed by atoms with Crippen LogP contribution in [0.2, 0.25) is 0 Å². The first-order valence-corrected chi connectivity index (χ1v) is 9.14. The molecule has 2 aromatic rings. The Labute approximate surface area is 144 Å². The average molecular weight is 348 g/mol. The van der Waals surface area contributed by atoms with Gasteiger partial charge >= 0.3 is 0 Å². The van der Waals surface area contributed by atoms with E-state index in [9.17, 15) is 4.79 Å². The molecule has 128 valence electrons. The van der Waals surface area contributed by atoms with Gasteiger partial charge in [-0.25, -0.2) is 4.98 Å². The van der Waals surface area contributed by atoms with Crippen LogP contribution in [0, 0.1) is 6.92 Å². The van der Waals surface area contributed by atoms with Crippen molar-refractivity contribution in [1.82, 2.24) is 20.4 Å². The number of aromatic nitrogens is 3. The Morgan fingerprint density at radius 2 is 2.46 bits per heavy atom. The summed E-state index contributed by atoms with van der Waals surface area (Å²) in [4.78, 5) is 20.7. The van der Waals surface area contributed by atoms with Crippen LogP contribution in [0.15, 0.2) is 22.9 Å². The molecule has 8 heteroatoms. The molecule has 0 saturated carbocycles. The van der Waals surface area contributed by atoms with E-state index in [1.54, 1.807) is 25.3 Å². The fourth-order valence-corrected chi connectivity index (χ4v) is 3.49. The number of hydrogen-bond donors (Lipinski definition) is 1. The van der Waals surface area contributed by atoms with Gasteiger partial charge in [0.05, 0.1) is 0 Å². The van der Waals surface area contributed by atoms with E-state index in [4.69, 9.17) is 9.26 Å². The van der Waals surface area contributed by atoms with Gasteiger partial charge in [-0.1, -0.05) is 5.16 Å². The fourth-order valence-electron chi connectivity index (χ4n) is 2.40.